The third kappa shape index (κ3) is 2.01. The molecule has 88 valence electrons. The predicted octanol–water partition coefficient (Wildman–Crippen LogP) is 1.74. The normalized spacial score (nSPS) is 10.5. The Bertz CT molecular complexity index is 592. The van der Waals surface area contributed by atoms with Crippen LogP contribution in [0.1, 0.15) is 16.1 Å². The highest BCUT2D eigenvalue weighted by Gasteiger charge is 2.15. The zero-order valence-electron chi connectivity index (χ0n) is 8.95. The van der Waals surface area contributed by atoms with Gasteiger partial charge in [0, 0.05) is 11.6 Å². The van der Waals surface area contributed by atoms with Gasteiger partial charge in [-0.25, -0.2) is 8.78 Å². The Kier molecular flexibility index (Phi) is 2.63. The average molecular weight is 237 g/mol. The molecule has 17 heavy (non-hydrogen) atoms. The smallest absolute Gasteiger partial charge is 0.280 e. The second kappa shape index (κ2) is 3.97. The molecule has 0 saturated heterocycles. The van der Waals surface area contributed by atoms with E-state index in [1.54, 1.807) is 6.92 Å². The first-order valence-corrected chi connectivity index (χ1v) is 4.81. The van der Waals surface area contributed by atoms with E-state index in [2.05, 4.69) is 5.10 Å². The summed E-state index contributed by atoms with van der Waals surface area (Å²) in [4.78, 5) is 11.9. The van der Waals surface area contributed by atoms with Crippen molar-refractivity contribution in [2.75, 3.05) is 5.73 Å². The monoisotopic (exact) mass is 237 g/mol. The van der Waals surface area contributed by atoms with Crippen LogP contribution in [0.25, 0.3) is 0 Å². The van der Waals surface area contributed by atoms with Gasteiger partial charge in [0.1, 0.15) is 5.82 Å². The molecule has 0 aliphatic rings. The minimum Gasteiger partial charge on any atom is -0.383 e. The molecule has 2 aromatic rings. The van der Waals surface area contributed by atoms with Gasteiger partial charge < -0.3 is 5.73 Å². The molecule has 0 saturated carbocycles. The minimum absolute atomic E-state index is 0.0151. The van der Waals surface area contributed by atoms with Gasteiger partial charge in [-0.1, -0.05) is 0 Å². The topological polar surface area (TPSA) is 60.9 Å². The Labute approximate surface area is 95.7 Å². The maximum absolute atomic E-state index is 13.0. The largest absolute Gasteiger partial charge is 0.383 e. The number of hydrogen-bond acceptors (Lipinski definition) is 3. The van der Waals surface area contributed by atoms with Crippen molar-refractivity contribution in [1.29, 1.82) is 0 Å². The molecule has 0 atom stereocenters. The first-order valence-electron chi connectivity index (χ1n) is 4.81. The summed E-state index contributed by atoms with van der Waals surface area (Å²) >= 11 is 0. The highest BCUT2D eigenvalue weighted by Crippen LogP contribution is 2.13. The van der Waals surface area contributed by atoms with Crippen molar-refractivity contribution in [2.45, 2.75) is 6.92 Å². The molecule has 0 radical (unpaired) electrons. The van der Waals surface area contributed by atoms with Crippen molar-refractivity contribution in [2.24, 2.45) is 0 Å². The van der Waals surface area contributed by atoms with Gasteiger partial charge in [-0.2, -0.15) is 9.78 Å². The van der Waals surface area contributed by atoms with Crippen molar-refractivity contribution in [3.8, 4) is 0 Å². The van der Waals surface area contributed by atoms with Crippen molar-refractivity contribution in [3.05, 3.63) is 47.2 Å². The van der Waals surface area contributed by atoms with E-state index in [4.69, 9.17) is 5.73 Å². The number of carbonyl (C=O) groups is 1. The van der Waals surface area contributed by atoms with Crippen molar-refractivity contribution < 1.29 is 13.6 Å². The van der Waals surface area contributed by atoms with Crippen molar-refractivity contribution in [3.63, 3.8) is 0 Å². The Morgan fingerprint density at radius 1 is 1.29 bits per heavy atom. The molecule has 0 spiro atoms. The summed E-state index contributed by atoms with van der Waals surface area (Å²) in [5.41, 5.74) is 6.11. The van der Waals surface area contributed by atoms with E-state index >= 15 is 0 Å². The number of aryl methyl sites for hydroxylation is 1. The van der Waals surface area contributed by atoms with E-state index in [1.807, 2.05) is 0 Å². The Balaban J connectivity index is 2.44. The number of nitrogens with two attached hydrogens (primary N) is 1. The van der Waals surface area contributed by atoms with Gasteiger partial charge in [-0.05, 0) is 25.1 Å². The summed E-state index contributed by atoms with van der Waals surface area (Å²) in [6, 6.07) is 4.39. The van der Waals surface area contributed by atoms with Gasteiger partial charge in [0.2, 0.25) is 0 Å². The molecule has 1 aromatic carbocycles. The maximum atomic E-state index is 13.0. The number of rotatable bonds is 1. The van der Waals surface area contributed by atoms with Crippen LogP contribution < -0.4 is 5.73 Å². The molecule has 2 rings (SSSR count). The lowest BCUT2D eigenvalue weighted by atomic mass is 10.2. The van der Waals surface area contributed by atoms with E-state index in [9.17, 15) is 13.6 Å². The number of anilines is 1. The Hall–Kier alpha value is -2.24. The van der Waals surface area contributed by atoms with Crippen LogP contribution in [0.5, 0.6) is 0 Å². The Morgan fingerprint density at radius 3 is 2.53 bits per heavy atom. The van der Waals surface area contributed by atoms with Gasteiger partial charge in [0.05, 0.1) is 5.69 Å². The first kappa shape index (κ1) is 11.3. The standard InChI is InChI=1S/C11H9F2N3O/c1-6-4-10(14)16(15-6)11(17)7-2-3-8(12)9(13)5-7/h2-5H,14H2,1H3. The summed E-state index contributed by atoms with van der Waals surface area (Å²) < 4.78 is 26.6. The number of nitrogens with zero attached hydrogens (tertiary/aromatic N) is 2. The molecule has 0 amide bonds. The molecule has 1 heterocycles. The molecule has 4 nitrogen and oxygen atoms in total. The highest BCUT2D eigenvalue weighted by atomic mass is 19.2. The van der Waals surface area contributed by atoms with E-state index in [1.165, 1.54) is 12.1 Å². The summed E-state index contributed by atoms with van der Waals surface area (Å²) in [5, 5.41) is 3.86. The molecular formula is C11H9F2N3O. The second-order valence-corrected chi connectivity index (χ2v) is 3.56. The summed E-state index contributed by atoms with van der Waals surface area (Å²) in [7, 11) is 0. The molecule has 1 aromatic heterocycles. The summed E-state index contributed by atoms with van der Waals surface area (Å²) in [6.45, 7) is 1.67. The number of aromatic nitrogens is 2. The number of halogens is 2. The highest BCUT2D eigenvalue weighted by molar-refractivity contribution is 5.97. The van der Waals surface area contributed by atoms with Crippen LogP contribution in [0.2, 0.25) is 0 Å². The molecule has 0 aliphatic heterocycles. The van der Waals surface area contributed by atoms with Gasteiger partial charge in [0.25, 0.3) is 5.91 Å². The van der Waals surface area contributed by atoms with Crippen LogP contribution in [0, 0.1) is 18.6 Å². The summed E-state index contributed by atoms with van der Waals surface area (Å²) in [6.07, 6.45) is 0. The molecule has 6 heteroatoms. The number of benzene rings is 1. The van der Waals surface area contributed by atoms with Gasteiger partial charge in [-0.15, -0.1) is 0 Å². The fourth-order valence-electron chi connectivity index (χ4n) is 1.43. The van der Waals surface area contributed by atoms with Gasteiger partial charge in [-0.3, -0.25) is 4.79 Å². The SMILES string of the molecule is Cc1cc(N)n(C(=O)c2ccc(F)c(F)c2)n1. The van der Waals surface area contributed by atoms with Crippen molar-refractivity contribution >= 4 is 11.7 Å². The third-order valence-corrected chi connectivity index (χ3v) is 2.22. The first-order chi connectivity index (χ1) is 7.99. The molecule has 2 N–H and O–H groups in total. The molecule has 0 unspecified atom stereocenters. The van der Waals surface area contributed by atoms with E-state index in [0.717, 1.165) is 16.8 Å². The number of carbonyl (C=O) groups excluding carboxylic acids is 1. The quantitative estimate of drug-likeness (QED) is 0.821. The molecule has 0 bridgehead atoms. The lowest BCUT2D eigenvalue weighted by molar-refractivity contribution is 0.0947. The van der Waals surface area contributed by atoms with Gasteiger partial charge in [0.15, 0.2) is 11.6 Å². The van der Waals surface area contributed by atoms with Gasteiger partial charge >= 0.3 is 0 Å². The predicted molar refractivity (Wildman–Crippen MR) is 57.5 cm³/mol. The van der Waals surface area contributed by atoms with Crippen LogP contribution in [-0.4, -0.2) is 15.7 Å². The third-order valence-electron chi connectivity index (χ3n) is 2.22. The number of nitrogen functional groups attached to an aromatic ring is 1. The minimum atomic E-state index is -1.08. The molecular weight excluding hydrogens is 228 g/mol. The lowest BCUT2D eigenvalue weighted by Gasteiger charge is -2.03. The van der Waals surface area contributed by atoms with Crippen molar-refractivity contribution in [1.82, 2.24) is 9.78 Å². The molecule has 0 aliphatic carbocycles. The van der Waals surface area contributed by atoms with E-state index in [-0.39, 0.29) is 11.4 Å². The van der Waals surface area contributed by atoms with Crippen LogP contribution in [0.15, 0.2) is 24.3 Å². The fourth-order valence-corrected chi connectivity index (χ4v) is 1.43. The number of hydrogen-bond donors (Lipinski definition) is 1. The lowest BCUT2D eigenvalue weighted by Crippen LogP contribution is -2.16. The molecule has 0 fully saturated rings. The average Bonchev–Trinajstić information content (AvgIpc) is 2.61. The zero-order valence-corrected chi connectivity index (χ0v) is 8.95. The zero-order chi connectivity index (χ0) is 12.6. The summed E-state index contributed by atoms with van der Waals surface area (Å²) in [5.74, 6) is -2.55. The second-order valence-electron chi connectivity index (χ2n) is 3.56. The Morgan fingerprint density at radius 2 is 2.00 bits per heavy atom. The fraction of sp³-hybridized carbons (Fsp3) is 0.0909. The van der Waals surface area contributed by atoms with Crippen LogP contribution >= 0.6 is 0 Å². The van der Waals surface area contributed by atoms with Crippen LogP contribution in [0.4, 0.5) is 14.6 Å². The maximum Gasteiger partial charge on any atom is 0.280 e. The van der Waals surface area contributed by atoms with E-state index < -0.39 is 17.5 Å². The van der Waals surface area contributed by atoms with E-state index in [0.29, 0.717) is 5.69 Å². The van der Waals surface area contributed by atoms with Crippen LogP contribution in [0.3, 0.4) is 0 Å². The van der Waals surface area contributed by atoms with Crippen LogP contribution in [-0.2, 0) is 0 Å².